The zero-order chi connectivity index (χ0) is 18.4. The Morgan fingerprint density at radius 2 is 1.08 bits per heavy atom. The van der Waals surface area contributed by atoms with Gasteiger partial charge in [0, 0.05) is 0 Å². The first-order valence-corrected chi connectivity index (χ1v) is 10.6. The van der Waals surface area contributed by atoms with E-state index in [4.69, 9.17) is 4.74 Å². The van der Waals surface area contributed by atoms with Crippen molar-refractivity contribution in [1.82, 2.24) is 0 Å². The minimum atomic E-state index is -0.464. The summed E-state index contributed by atoms with van der Waals surface area (Å²) in [6, 6.07) is 0. The van der Waals surface area contributed by atoms with E-state index in [1.807, 2.05) is 0 Å². The predicted molar refractivity (Wildman–Crippen MR) is 109 cm³/mol. The molecule has 0 saturated heterocycles. The van der Waals surface area contributed by atoms with E-state index in [1.54, 1.807) is 0 Å². The number of ether oxygens (including phenoxy) is 1. The average molecular weight is 359 g/mol. The maximum absolute atomic E-state index is 10.6. The van der Waals surface area contributed by atoms with Gasteiger partial charge in [0.15, 0.2) is 0 Å². The van der Waals surface area contributed by atoms with Gasteiger partial charge in [-0.15, -0.1) is 0 Å². The van der Waals surface area contributed by atoms with E-state index in [1.165, 1.54) is 57.8 Å². The van der Waals surface area contributed by atoms with Crippen LogP contribution >= 0.6 is 12.6 Å². The Balaban J connectivity index is 3.51. The van der Waals surface area contributed by atoms with Crippen LogP contribution in [0.25, 0.3) is 0 Å². The van der Waals surface area contributed by atoms with Gasteiger partial charge in [0.1, 0.15) is 0 Å². The fourth-order valence-electron chi connectivity index (χ4n) is 3.28. The summed E-state index contributed by atoms with van der Waals surface area (Å²) >= 11 is 3.61. The number of carbonyl (C=O) groups excluding carboxylic acids is 1. The lowest BCUT2D eigenvalue weighted by atomic mass is 9.91. The van der Waals surface area contributed by atoms with Gasteiger partial charge in [0.2, 0.25) is 0 Å². The average Bonchev–Trinajstić information content (AvgIpc) is 2.46. The minimum absolute atomic E-state index is 0.464. The number of thiol groups is 1. The van der Waals surface area contributed by atoms with Gasteiger partial charge in [-0.3, -0.25) is 0 Å². The smallest absolute Gasteiger partial charge is 0.364 e. The fourth-order valence-corrected chi connectivity index (χ4v) is 3.38. The van der Waals surface area contributed by atoms with Crippen LogP contribution in [-0.2, 0) is 4.74 Å². The zero-order valence-electron chi connectivity index (χ0n) is 16.9. The summed E-state index contributed by atoms with van der Waals surface area (Å²) in [5.74, 6) is 3.22. The van der Waals surface area contributed by atoms with Crippen molar-refractivity contribution in [1.29, 1.82) is 0 Å². The third kappa shape index (κ3) is 16.7. The highest BCUT2D eigenvalue weighted by molar-refractivity contribution is 7.96. The summed E-state index contributed by atoms with van der Waals surface area (Å²) < 4.78 is 4.88. The van der Waals surface area contributed by atoms with Crippen LogP contribution in [0.2, 0.25) is 0 Å². The molecule has 0 fully saturated rings. The Labute approximate surface area is 156 Å². The van der Waals surface area contributed by atoms with Gasteiger partial charge in [0.05, 0.1) is 6.61 Å². The molecular weight excluding hydrogens is 316 g/mol. The van der Waals surface area contributed by atoms with Crippen molar-refractivity contribution in [3.8, 4) is 0 Å². The quantitative estimate of drug-likeness (QED) is 0.242. The Morgan fingerprint density at radius 3 is 1.46 bits per heavy atom. The molecule has 0 heterocycles. The molecule has 2 nitrogen and oxygen atoms in total. The first-order valence-electron chi connectivity index (χ1n) is 10.2. The van der Waals surface area contributed by atoms with E-state index in [0.29, 0.717) is 12.5 Å². The second-order valence-corrected chi connectivity index (χ2v) is 8.77. The molecule has 0 aliphatic heterocycles. The highest BCUT2D eigenvalue weighted by Crippen LogP contribution is 2.22. The highest BCUT2D eigenvalue weighted by atomic mass is 32.1. The van der Waals surface area contributed by atoms with Gasteiger partial charge < -0.3 is 4.74 Å². The molecule has 0 aromatic rings. The molecule has 0 aliphatic rings. The maximum Gasteiger partial charge on any atom is 0.364 e. The van der Waals surface area contributed by atoms with Crippen molar-refractivity contribution in [3.63, 3.8) is 0 Å². The van der Waals surface area contributed by atoms with E-state index < -0.39 is 5.30 Å². The zero-order valence-corrected chi connectivity index (χ0v) is 17.7. The second-order valence-electron chi connectivity index (χ2n) is 8.41. The molecule has 1 unspecified atom stereocenters. The van der Waals surface area contributed by atoms with Crippen LogP contribution in [0.15, 0.2) is 0 Å². The molecule has 0 rings (SSSR count). The number of hydrogen-bond donors (Lipinski definition) is 1. The van der Waals surface area contributed by atoms with E-state index in [0.717, 1.165) is 24.2 Å². The molecule has 0 saturated carbocycles. The summed E-state index contributed by atoms with van der Waals surface area (Å²) in [4.78, 5) is 10.6. The van der Waals surface area contributed by atoms with Gasteiger partial charge in [-0.25, -0.2) is 4.79 Å². The Kier molecular flexibility index (Phi) is 15.0. The molecule has 0 bridgehead atoms. The van der Waals surface area contributed by atoms with Crippen LogP contribution < -0.4 is 0 Å². The standard InChI is InChI=1S/C21H42O2S/c1-17(2)9-6-10-18(3)11-7-12-19(4)13-8-14-20(5)15-16-23-21(22)24/h17-20H,6-16H2,1-5H3,(H,22,24)/t18-,19-,20?/m1/s1. The van der Waals surface area contributed by atoms with Gasteiger partial charge in [-0.2, -0.15) is 0 Å². The summed E-state index contributed by atoms with van der Waals surface area (Å²) in [5, 5.41) is -0.464. The molecule has 24 heavy (non-hydrogen) atoms. The molecule has 0 aromatic carbocycles. The van der Waals surface area contributed by atoms with E-state index in [2.05, 4.69) is 47.2 Å². The molecule has 0 aliphatic carbocycles. The minimum Gasteiger partial charge on any atom is -0.458 e. The van der Waals surface area contributed by atoms with Gasteiger partial charge in [-0.05, 0) is 30.1 Å². The summed E-state index contributed by atoms with van der Waals surface area (Å²) in [6.45, 7) is 12.2. The lowest BCUT2D eigenvalue weighted by Gasteiger charge is -2.16. The normalized spacial score (nSPS) is 15.3. The van der Waals surface area contributed by atoms with Crippen LogP contribution in [0, 0.1) is 23.7 Å². The lowest BCUT2D eigenvalue weighted by Crippen LogP contribution is -2.04. The van der Waals surface area contributed by atoms with Gasteiger partial charge in [0.25, 0.3) is 0 Å². The Hall–Kier alpha value is -0.180. The van der Waals surface area contributed by atoms with Gasteiger partial charge in [-0.1, -0.05) is 105 Å². The number of rotatable bonds is 15. The Morgan fingerprint density at radius 1 is 0.708 bits per heavy atom. The third-order valence-corrected chi connectivity index (χ3v) is 5.23. The molecule has 144 valence electrons. The lowest BCUT2D eigenvalue weighted by molar-refractivity contribution is 0.166. The molecule has 0 amide bonds. The SMILES string of the molecule is CC(C)CCC[C@@H](C)CCC[C@@H](C)CCCC(C)CCOC(=O)S. The van der Waals surface area contributed by atoms with Crippen molar-refractivity contribution >= 4 is 17.9 Å². The third-order valence-electron chi connectivity index (χ3n) is 5.10. The molecule has 0 spiro atoms. The summed E-state index contributed by atoms with van der Waals surface area (Å²) in [5.41, 5.74) is 0. The monoisotopic (exact) mass is 358 g/mol. The van der Waals surface area contributed by atoms with E-state index >= 15 is 0 Å². The molecule has 0 aromatic heterocycles. The Bertz CT molecular complexity index is 304. The molecule has 3 heteroatoms. The largest absolute Gasteiger partial charge is 0.458 e. The van der Waals surface area contributed by atoms with Crippen molar-refractivity contribution < 1.29 is 9.53 Å². The van der Waals surface area contributed by atoms with Crippen molar-refractivity contribution in [2.45, 2.75) is 98.8 Å². The fraction of sp³-hybridized carbons (Fsp3) is 0.952. The van der Waals surface area contributed by atoms with E-state index in [-0.39, 0.29) is 0 Å². The van der Waals surface area contributed by atoms with E-state index in [9.17, 15) is 4.79 Å². The number of carbonyl (C=O) groups is 1. The van der Waals surface area contributed by atoms with Crippen LogP contribution in [0.4, 0.5) is 4.79 Å². The highest BCUT2D eigenvalue weighted by Gasteiger charge is 2.08. The molecule has 3 atom stereocenters. The predicted octanol–water partition coefficient (Wildman–Crippen LogP) is 7.52. The van der Waals surface area contributed by atoms with Crippen LogP contribution in [-0.4, -0.2) is 11.9 Å². The first kappa shape index (κ1) is 23.8. The topological polar surface area (TPSA) is 26.3 Å². The summed E-state index contributed by atoms with van der Waals surface area (Å²) in [6.07, 6.45) is 13.2. The van der Waals surface area contributed by atoms with Crippen LogP contribution in [0.3, 0.4) is 0 Å². The van der Waals surface area contributed by atoms with Crippen molar-refractivity contribution in [2.75, 3.05) is 6.61 Å². The molecule has 0 radical (unpaired) electrons. The van der Waals surface area contributed by atoms with Gasteiger partial charge >= 0.3 is 5.30 Å². The number of hydrogen-bond acceptors (Lipinski definition) is 2. The molecular formula is C21H42O2S. The molecule has 0 N–H and O–H groups in total. The van der Waals surface area contributed by atoms with Crippen molar-refractivity contribution in [3.05, 3.63) is 0 Å². The first-order chi connectivity index (χ1) is 11.3. The van der Waals surface area contributed by atoms with Crippen LogP contribution in [0.5, 0.6) is 0 Å². The summed E-state index contributed by atoms with van der Waals surface area (Å²) in [7, 11) is 0. The second kappa shape index (κ2) is 15.1. The van der Waals surface area contributed by atoms with Crippen molar-refractivity contribution in [2.24, 2.45) is 23.7 Å². The maximum atomic E-state index is 10.6. The van der Waals surface area contributed by atoms with Crippen LogP contribution in [0.1, 0.15) is 98.8 Å².